The summed E-state index contributed by atoms with van der Waals surface area (Å²) >= 11 is 19.9. The standard InChI is InChI=1S/C14H9Cl3N2OS.ClH/c1-21-14-18-9-5-8(16)12(6-10(9)19-14)20-11-4-2-3-7(15)13(11)17;/h2-6H,1H3,(H,18,19);1H. The number of imidazole rings is 1. The second-order valence-electron chi connectivity index (χ2n) is 4.20. The van der Waals surface area contributed by atoms with Crippen LogP contribution < -0.4 is 4.74 Å². The van der Waals surface area contributed by atoms with Crippen molar-refractivity contribution in [3.63, 3.8) is 0 Å². The van der Waals surface area contributed by atoms with Gasteiger partial charge in [-0.1, -0.05) is 52.6 Å². The molecule has 22 heavy (non-hydrogen) atoms. The third kappa shape index (κ3) is 3.42. The molecule has 0 fully saturated rings. The maximum atomic E-state index is 6.24. The molecular weight excluding hydrogens is 386 g/mol. The lowest BCUT2D eigenvalue weighted by atomic mass is 10.3. The van der Waals surface area contributed by atoms with Crippen molar-refractivity contribution >= 4 is 70.0 Å². The van der Waals surface area contributed by atoms with Gasteiger partial charge in [-0.05, 0) is 24.5 Å². The molecular formula is C14H10Cl4N2OS. The first-order valence-corrected chi connectivity index (χ1v) is 8.29. The number of aromatic amines is 1. The molecule has 0 spiro atoms. The number of aromatic nitrogens is 2. The molecule has 0 unspecified atom stereocenters. The van der Waals surface area contributed by atoms with Crippen molar-refractivity contribution < 1.29 is 4.74 Å². The van der Waals surface area contributed by atoms with Crippen LogP contribution in [-0.2, 0) is 0 Å². The molecule has 0 aliphatic rings. The lowest BCUT2D eigenvalue weighted by molar-refractivity contribution is 0.484. The molecule has 1 N–H and O–H groups in total. The van der Waals surface area contributed by atoms with Crippen LogP contribution in [0.25, 0.3) is 11.0 Å². The summed E-state index contributed by atoms with van der Waals surface area (Å²) in [5.74, 6) is 0.944. The number of nitrogens with one attached hydrogen (secondary N) is 1. The lowest BCUT2D eigenvalue weighted by Gasteiger charge is -2.09. The highest BCUT2D eigenvalue weighted by Crippen LogP contribution is 2.38. The molecule has 8 heteroatoms. The van der Waals surface area contributed by atoms with Crippen LogP contribution in [0.4, 0.5) is 0 Å². The van der Waals surface area contributed by atoms with Gasteiger partial charge >= 0.3 is 0 Å². The SMILES string of the molecule is CSc1nc2cc(Cl)c(Oc3cccc(Cl)c3Cl)cc2[nH]1.Cl. The summed E-state index contributed by atoms with van der Waals surface area (Å²) in [7, 11) is 0. The molecule has 0 atom stereocenters. The molecule has 0 radical (unpaired) electrons. The Kier molecular flexibility index (Phi) is 5.75. The average Bonchev–Trinajstić information content (AvgIpc) is 2.86. The first-order chi connectivity index (χ1) is 10.1. The van der Waals surface area contributed by atoms with Gasteiger partial charge in [0.25, 0.3) is 0 Å². The second-order valence-corrected chi connectivity index (χ2v) is 6.19. The van der Waals surface area contributed by atoms with Gasteiger partial charge in [0.2, 0.25) is 0 Å². The minimum absolute atomic E-state index is 0. The number of ether oxygens (including phenoxy) is 1. The summed E-state index contributed by atoms with van der Waals surface area (Å²) in [4.78, 5) is 7.57. The summed E-state index contributed by atoms with van der Waals surface area (Å²) < 4.78 is 5.77. The Hall–Kier alpha value is -0.780. The summed E-state index contributed by atoms with van der Waals surface area (Å²) in [6.07, 6.45) is 1.95. The zero-order valence-electron chi connectivity index (χ0n) is 11.2. The number of halogens is 4. The van der Waals surface area contributed by atoms with Crippen LogP contribution in [0, 0.1) is 0 Å². The van der Waals surface area contributed by atoms with E-state index in [2.05, 4.69) is 9.97 Å². The largest absolute Gasteiger partial charge is 0.454 e. The number of fused-ring (bicyclic) bond motifs is 1. The van der Waals surface area contributed by atoms with Crippen LogP contribution in [0.5, 0.6) is 11.5 Å². The molecule has 3 nitrogen and oxygen atoms in total. The van der Waals surface area contributed by atoms with Crippen LogP contribution in [0.2, 0.25) is 15.1 Å². The predicted molar refractivity (Wildman–Crippen MR) is 96.7 cm³/mol. The van der Waals surface area contributed by atoms with Gasteiger partial charge in [-0.15, -0.1) is 12.4 Å². The number of hydrogen-bond acceptors (Lipinski definition) is 3. The summed E-state index contributed by atoms with van der Waals surface area (Å²) in [6.45, 7) is 0. The van der Waals surface area contributed by atoms with E-state index in [1.165, 1.54) is 11.8 Å². The zero-order valence-corrected chi connectivity index (χ0v) is 15.1. The minimum Gasteiger partial charge on any atom is -0.454 e. The average molecular weight is 396 g/mol. The van der Waals surface area contributed by atoms with Crippen molar-refractivity contribution in [2.24, 2.45) is 0 Å². The Balaban J connectivity index is 0.00000176. The van der Waals surface area contributed by atoms with Gasteiger partial charge in [0, 0.05) is 6.07 Å². The molecule has 0 saturated carbocycles. The minimum atomic E-state index is 0. The molecule has 0 aliphatic carbocycles. The Morgan fingerprint density at radius 2 is 1.86 bits per heavy atom. The van der Waals surface area contributed by atoms with Crippen molar-refractivity contribution in [1.29, 1.82) is 0 Å². The smallest absolute Gasteiger partial charge is 0.166 e. The van der Waals surface area contributed by atoms with Crippen LogP contribution in [0.15, 0.2) is 35.5 Å². The van der Waals surface area contributed by atoms with E-state index in [-0.39, 0.29) is 12.4 Å². The number of hydrogen-bond donors (Lipinski definition) is 1. The number of nitrogens with zero attached hydrogens (tertiary/aromatic N) is 1. The van der Waals surface area contributed by atoms with Crippen LogP contribution in [0.3, 0.4) is 0 Å². The van der Waals surface area contributed by atoms with E-state index in [0.717, 1.165) is 16.2 Å². The molecule has 0 amide bonds. The second kappa shape index (κ2) is 7.20. The zero-order chi connectivity index (χ0) is 15.0. The highest BCUT2D eigenvalue weighted by Gasteiger charge is 2.12. The normalized spacial score (nSPS) is 10.5. The van der Waals surface area contributed by atoms with Crippen LogP contribution in [-0.4, -0.2) is 16.2 Å². The van der Waals surface area contributed by atoms with Gasteiger partial charge in [0.15, 0.2) is 5.16 Å². The maximum absolute atomic E-state index is 6.24. The summed E-state index contributed by atoms with van der Waals surface area (Å²) in [5, 5.41) is 2.05. The Morgan fingerprint density at radius 3 is 2.59 bits per heavy atom. The van der Waals surface area contributed by atoms with Crippen LogP contribution >= 0.6 is 59.0 Å². The predicted octanol–water partition coefficient (Wildman–Crippen LogP) is 6.46. The molecule has 2 aromatic carbocycles. The number of H-pyrrole nitrogens is 1. The fourth-order valence-corrected chi connectivity index (χ4v) is 2.77. The van der Waals surface area contributed by atoms with Crippen molar-refractivity contribution in [1.82, 2.24) is 9.97 Å². The van der Waals surface area contributed by atoms with Gasteiger partial charge in [-0.3, -0.25) is 0 Å². The van der Waals surface area contributed by atoms with E-state index in [1.807, 2.05) is 6.26 Å². The van der Waals surface area contributed by atoms with E-state index in [9.17, 15) is 0 Å². The molecule has 1 aromatic heterocycles. The van der Waals surface area contributed by atoms with Gasteiger partial charge in [-0.2, -0.15) is 0 Å². The van der Waals surface area contributed by atoms with Crippen molar-refractivity contribution in [2.45, 2.75) is 5.16 Å². The Bertz CT molecular complexity index is 822. The van der Waals surface area contributed by atoms with Crippen molar-refractivity contribution in [3.05, 3.63) is 45.4 Å². The summed E-state index contributed by atoms with van der Waals surface area (Å²) in [6, 6.07) is 8.73. The third-order valence-corrected chi connectivity index (χ3v) is 4.52. The highest BCUT2D eigenvalue weighted by atomic mass is 35.5. The number of benzene rings is 2. The summed E-state index contributed by atoms with van der Waals surface area (Å²) in [5.41, 5.74) is 1.63. The van der Waals surface area contributed by atoms with Crippen molar-refractivity contribution in [2.75, 3.05) is 6.26 Å². The highest BCUT2D eigenvalue weighted by molar-refractivity contribution is 7.98. The molecule has 3 aromatic rings. The van der Waals surface area contributed by atoms with E-state index in [0.29, 0.717) is 26.6 Å². The van der Waals surface area contributed by atoms with Gasteiger partial charge < -0.3 is 9.72 Å². The van der Waals surface area contributed by atoms with E-state index >= 15 is 0 Å². The molecule has 0 saturated heterocycles. The van der Waals surface area contributed by atoms with E-state index < -0.39 is 0 Å². The number of thioether (sulfide) groups is 1. The topological polar surface area (TPSA) is 37.9 Å². The molecule has 0 bridgehead atoms. The molecule has 116 valence electrons. The lowest BCUT2D eigenvalue weighted by Crippen LogP contribution is -1.87. The quantitative estimate of drug-likeness (QED) is 0.517. The Labute approximate surface area is 152 Å². The monoisotopic (exact) mass is 394 g/mol. The van der Waals surface area contributed by atoms with E-state index in [4.69, 9.17) is 39.5 Å². The van der Waals surface area contributed by atoms with Gasteiger partial charge in [0.05, 0.1) is 21.1 Å². The first-order valence-electron chi connectivity index (χ1n) is 5.93. The van der Waals surface area contributed by atoms with Crippen LogP contribution in [0.1, 0.15) is 0 Å². The van der Waals surface area contributed by atoms with E-state index in [1.54, 1.807) is 30.3 Å². The molecule has 0 aliphatic heterocycles. The Morgan fingerprint density at radius 1 is 1.09 bits per heavy atom. The molecule has 1 heterocycles. The van der Waals surface area contributed by atoms with Gasteiger partial charge in [-0.25, -0.2) is 4.98 Å². The van der Waals surface area contributed by atoms with Crippen molar-refractivity contribution in [3.8, 4) is 11.5 Å². The first kappa shape index (κ1) is 17.6. The fourth-order valence-electron chi connectivity index (χ4n) is 1.84. The van der Waals surface area contributed by atoms with Gasteiger partial charge in [0.1, 0.15) is 16.5 Å². The third-order valence-electron chi connectivity index (χ3n) is 2.84. The molecule has 3 rings (SSSR count). The number of rotatable bonds is 3. The fraction of sp³-hybridized carbons (Fsp3) is 0.0714. The maximum Gasteiger partial charge on any atom is 0.166 e.